The number of carbonyl (C=O) groups is 1. The van der Waals surface area contributed by atoms with Gasteiger partial charge in [-0.1, -0.05) is 26.7 Å². The molecule has 0 aromatic carbocycles. The van der Waals surface area contributed by atoms with Crippen LogP contribution in [0.25, 0.3) is 11.2 Å². The number of nitrogens with zero attached hydrogens (tertiary/aromatic N) is 4. The van der Waals surface area contributed by atoms with E-state index in [0.717, 1.165) is 6.42 Å². The standard InChI is InChI=1S/C23H32N6O4/c1-5-25-20(31)15-8-14(30)21(33-15)29-12-26-17-18(24)27-16(28-19(17)29)6-7-23(32)10-13(2)9-22(3,4)11-23/h12-15,21,30,32H,5,8-11H2,1-4H3,(H,25,31)(H2,24,27,28)/t13?,14-,15-,21?,23?/m0/s1. The fraction of sp³-hybridized carbons (Fsp3) is 0.652. The normalized spacial score (nSPS) is 31.2. The number of carbonyl (C=O) groups excluding carboxylic acids is 1. The SMILES string of the molecule is CCNC(=O)[C@@H]1C[C@H](O)C(n2cnc3c(N)nc(C#CC4(O)CC(C)CC(C)(C)C4)nc32)O1. The molecule has 2 aromatic rings. The molecule has 1 saturated heterocycles. The molecule has 1 aliphatic heterocycles. The van der Waals surface area contributed by atoms with Crippen molar-refractivity contribution in [2.45, 2.75) is 77.4 Å². The molecule has 33 heavy (non-hydrogen) atoms. The first-order valence-corrected chi connectivity index (χ1v) is 11.4. The largest absolute Gasteiger partial charge is 0.388 e. The van der Waals surface area contributed by atoms with Gasteiger partial charge in [-0.2, -0.15) is 0 Å². The lowest BCUT2D eigenvalue weighted by Gasteiger charge is -2.41. The molecule has 2 aliphatic rings. The number of aromatic nitrogens is 4. The Labute approximate surface area is 193 Å². The maximum Gasteiger partial charge on any atom is 0.249 e. The van der Waals surface area contributed by atoms with Crippen molar-refractivity contribution in [3.63, 3.8) is 0 Å². The van der Waals surface area contributed by atoms with E-state index in [1.54, 1.807) is 4.57 Å². The van der Waals surface area contributed by atoms with E-state index < -0.39 is 24.0 Å². The number of rotatable bonds is 3. The number of nitrogens with two attached hydrogens (primary N) is 1. The summed E-state index contributed by atoms with van der Waals surface area (Å²) in [5.41, 5.74) is 5.66. The zero-order valence-electron chi connectivity index (χ0n) is 19.5. The van der Waals surface area contributed by atoms with Crippen LogP contribution in [0.5, 0.6) is 0 Å². The summed E-state index contributed by atoms with van der Waals surface area (Å²) in [5, 5.41) is 24.3. The van der Waals surface area contributed by atoms with E-state index in [1.807, 2.05) is 6.92 Å². The van der Waals surface area contributed by atoms with Gasteiger partial charge in [0.1, 0.15) is 23.3 Å². The Hall–Kier alpha value is -2.74. The van der Waals surface area contributed by atoms with Crippen molar-refractivity contribution in [2.24, 2.45) is 11.3 Å². The topological polar surface area (TPSA) is 148 Å². The highest BCUT2D eigenvalue weighted by Crippen LogP contribution is 2.43. The number of imidazole rings is 1. The van der Waals surface area contributed by atoms with Crippen molar-refractivity contribution in [2.75, 3.05) is 12.3 Å². The van der Waals surface area contributed by atoms with Crippen molar-refractivity contribution >= 4 is 22.9 Å². The molecule has 1 amide bonds. The number of nitrogens with one attached hydrogen (secondary N) is 1. The number of anilines is 1. The lowest BCUT2D eigenvalue weighted by molar-refractivity contribution is -0.134. The molecule has 2 fully saturated rings. The van der Waals surface area contributed by atoms with Gasteiger partial charge in [0, 0.05) is 13.0 Å². The average Bonchev–Trinajstić information content (AvgIpc) is 3.28. The van der Waals surface area contributed by atoms with Crippen LogP contribution in [0.3, 0.4) is 0 Å². The summed E-state index contributed by atoms with van der Waals surface area (Å²) in [5.74, 6) is 6.24. The fourth-order valence-corrected chi connectivity index (χ4v) is 5.33. The van der Waals surface area contributed by atoms with E-state index >= 15 is 0 Å². The van der Waals surface area contributed by atoms with E-state index in [2.05, 4.69) is 52.9 Å². The smallest absolute Gasteiger partial charge is 0.249 e. The number of aliphatic hydroxyl groups excluding tert-OH is 1. The monoisotopic (exact) mass is 456 g/mol. The zero-order valence-corrected chi connectivity index (χ0v) is 19.5. The summed E-state index contributed by atoms with van der Waals surface area (Å²) in [6.07, 6.45) is 1.26. The first kappa shape index (κ1) is 23.4. The van der Waals surface area contributed by atoms with Crippen LogP contribution in [0.15, 0.2) is 6.33 Å². The maximum atomic E-state index is 12.2. The van der Waals surface area contributed by atoms with Gasteiger partial charge < -0.3 is 26.0 Å². The first-order valence-electron chi connectivity index (χ1n) is 11.4. The minimum Gasteiger partial charge on any atom is -0.388 e. The van der Waals surface area contributed by atoms with Crippen LogP contribution in [0.1, 0.15) is 65.4 Å². The van der Waals surface area contributed by atoms with Crippen molar-refractivity contribution in [3.05, 3.63) is 12.2 Å². The van der Waals surface area contributed by atoms with Crippen LogP contribution in [0.4, 0.5) is 5.82 Å². The lowest BCUT2D eigenvalue weighted by atomic mass is 9.66. The lowest BCUT2D eigenvalue weighted by Crippen LogP contribution is -2.41. The molecular formula is C23H32N6O4. The summed E-state index contributed by atoms with van der Waals surface area (Å²) in [7, 11) is 0. The molecule has 5 atom stereocenters. The minimum atomic E-state index is -1.13. The molecule has 4 rings (SSSR count). The highest BCUT2D eigenvalue weighted by atomic mass is 16.5. The molecule has 1 aliphatic carbocycles. The van der Waals surface area contributed by atoms with Crippen molar-refractivity contribution in [3.8, 4) is 11.8 Å². The van der Waals surface area contributed by atoms with Gasteiger partial charge in [0.05, 0.1) is 6.33 Å². The molecule has 0 spiro atoms. The van der Waals surface area contributed by atoms with Crippen LogP contribution in [0.2, 0.25) is 0 Å². The molecule has 0 radical (unpaired) electrons. The molecule has 178 valence electrons. The Kier molecular flexibility index (Phi) is 6.07. The number of ether oxygens (including phenoxy) is 1. The third-order valence-electron chi connectivity index (χ3n) is 6.22. The summed E-state index contributed by atoms with van der Waals surface area (Å²) in [4.78, 5) is 25.1. The number of nitrogen functional groups attached to an aromatic ring is 1. The van der Waals surface area contributed by atoms with Crippen LogP contribution < -0.4 is 11.1 Å². The van der Waals surface area contributed by atoms with Crippen molar-refractivity contribution in [1.29, 1.82) is 0 Å². The van der Waals surface area contributed by atoms with Gasteiger partial charge in [0.15, 0.2) is 17.7 Å². The Balaban J connectivity index is 1.64. The predicted octanol–water partition coefficient (Wildman–Crippen LogP) is 1.12. The number of likely N-dealkylation sites (N-methyl/N-ethyl adjacent to an activating group) is 1. The van der Waals surface area contributed by atoms with Crippen molar-refractivity contribution < 1.29 is 19.7 Å². The summed E-state index contributed by atoms with van der Waals surface area (Å²) < 4.78 is 7.35. The second kappa shape index (κ2) is 8.56. The summed E-state index contributed by atoms with van der Waals surface area (Å²) in [6.45, 7) is 8.68. The Morgan fingerprint density at radius 3 is 2.85 bits per heavy atom. The molecule has 0 bridgehead atoms. The highest BCUT2D eigenvalue weighted by Gasteiger charge is 2.41. The van der Waals surface area contributed by atoms with Gasteiger partial charge in [-0.25, -0.2) is 15.0 Å². The van der Waals surface area contributed by atoms with Gasteiger partial charge >= 0.3 is 0 Å². The third kappa shape index (κ3) is 4.81. The van der Waals surface area contributed by atoms with Crippen LogP contribution >= 0.6 is 0 Å². The second-order valence-corrected chi connectivity index (χ2v) is 10.1. The quantitative estimate of drug-likeness (QED) is 0.502. The first-order chi connectivity index (χ1) is 15.5. The maximum absolute atomic E-state index is 12.2. The Morgan fingerprint density at radius 1 is 1.39 bits per heavy atom. The molecule has 10 nitrogen and oxygen atoms in total. The second-order valence-electron chi connectivity index (χ2n) is 10.1. The number of amides is 1. The van der Waals surface area contributed by atoms with Gasteiger partial charge in [0.25, 0.3) is 0 Å². The summed E-state index contributed by atoms with van der Waals surface area (Å²) >= 11 is 0. The average molecular weight is 457 g/mol. The van der Waals surface area contributed by atoms with Crippen LogP contribution in [-0.4, -0.2) is 60.0 Å². The zero-order chi connectivity index (χ0) is 24.0. The Morgan fingerprint density at radius 2 is 2.15 bits per heavy atom. The van der Waals surface area contributed by atoms with E-state index in [4.69, 9.17) is 10.5 Å². The molecular weight excluding hydrogens is 424 g/mol. The number of fused-ring (bicyclic) bond motifs is 1. The molecule has 10 heteroatoms. The van der Waals surface area contributed by atoms with E-state index in [0.29, 0.717) is 36.5 Å². The predicted molar refractivity (Wildman–Crippen MR) is 122 cm³/mol. The van der Waals surface area contributed by atoms with Crippen LogP contribution in [0, 0.1) is 23.2 Å². The highest BCUT2D eigenvalue weighted by molar-refractivity contribution is 5.82. The van der Waals surface area contributed by atoms with E-state index in [9.17, 15) is 15.0 Å². The van der Waals surface area contributed by atoms with Crippen molar-refractivity contribution in [1.82, 2.24) is 24.8 Å². The van der Waals surface area contributed by atoms with E-state index in [-0.39, 0.29) is 29.4 Å². The molecule has 3 heterocycles. The number of hydrogen-bond acceptors (Lipinski definition) is 8. The molecule has 5 N–H and O–H groups in total. The van der Waals surface area contributed by atoms with Gasteiger partial charge in [0.2, 0.25) is 11.7 Å². The molecule has 1 saturated carbocycles. The number of hydrogen-bond donors (Lipinski definition) is 4. The van der Waals surface area contributed by atoms with Gasteiger partial charge in [-0.05, 0) is 43.4 Å². The van der Waals surface area contributed by atoms with E-state index in [1.165, 1.54) is 6.33 Å². The van der Waals surface area contributed by atoms with Gasteiger partial charge in [-0.15, -0.1) is 0 Å². The third-order valence-corrected chi connectivity index (χ3v) is 6.22. The summed E-state index contributed by atoms with van der Waals surface area (Å²) in [6, 6.07) is 0. The Bertz CT molecular complexity index is 1120. The molecule has 2 aromatic heterocycles. The van der Waals surface area contributed by atoms with Crippen LogP contribution in [-0.2, 0) is 9.53 Å². The van der Waals surface area contributed by atoms with Gasteiger partial charge in [-0.3, -0.25) is 9.36 Å². The minimum absolute atomic E-state index is 0.0138. The molecule has 3 unspecified atom stereocenters. The fourth-order valence-electron chi connectivity index (χ4n) is 5.33. The number of aliphatic hydroxyl groups is 2.